The Morgan fingerprint density at radius 1 is 1.08 bits per heavy atom. The van der Waals surface area contributed by atoms with Gasteiger partial charge in [-0.2, -0.15) is 28.4 Å². The molecule has 3 aromatic rings. The summed E-state index contributed by atoms with van der Waals surface area (Å²) in [5.41, 5.74) is -4.45. The van der Waals surface area contributed by atoms with Crippen molar-refractivity contribution in [3.63, 3.8) is 0 Å². The molecule has 48 heavy (non-hydrogen) atoms. The molecule has 1 amide bonds. The SMILES string of the molecule is CC(C)(C)OC(=O)N1CCN(c2nc(OCC34CCCN3CCC4)nc3c(F)c(-c4cccc(F)c4C(F)(F)F)ncc23)C[C@@H]1CC#N. The van der Waals surface area contributed by atoms with E-state index in [1.54, 1.807) is 25.7 Å². The van der Waals surface area contributed by atoms with Crippen LogP contribution in [0.4, 0.5) is 32.6 Å². The number of ether oxygens (including phenoxy) is 2. The molecule has 2 aromatic heterocycles. The summed E-state index contributed by atoms with van der Waals surface area (Å²) >= 11 is 0. The standard InChI is InChI=1S/C33H36F5N7O3/c1-31(2,3)48-30(46)45-16-15-43(18-20(45)9-12-39)28-22-17-40-26(21-7-4-8-23(34)24(21)33(36,37)38)25(35)27(22)41-29(42-28)47-19-32-10-5-13-44(32)14-6-11-32/h4,7-8,17,20H,5-6,9-11,13-16,18-19H2,1-3H3/t20-/m0/s1. The molecule has 15 heteroatoms. The number of nitriles is 1. The fraction of sp³-hybridized carbons (Fsp3) is 0.545. The third-order valence-electron chi connectivity index (χ3n) is 9.21. The molecule has 1 aromatic carbocycles. The van der Waals surface area contributed by atoms with Crippen molar-refractivity contribution in [2.45, 2.75) is 76.2 Å². The van der Waals surface area contributed by atoms with Crippen molar-refractivity contribution in [3.8, 4) is 23.3 Å². The Balaban J connectivity index is 1.43. The molecule has 10 nitrogen and oxygen atoms in total. The summed E-state index contributed by atoms with van der Waals surface area (Å²) in [6.45, 7) is 7.79. The van der Waals surface area contributed by atoms with Crippen molar-refractivity contribution in [2.24, 2.45) is 0 Å². The lowest BCUT2D eigenvalue weighted by Gasteiger charge is -2.41. The number of pyridine rings is 1. The van der Waals surface area contributed by atoms with Crippen LogP contribution in [0.5, 0.6) is 6.01 Å². The third-order valence-corrected chi connectivity index (χ3v) is 9.21. The zero-order valence-electron chi connectivity index (χ0n) is 26.9. The van der Waals surface area contributed by atoms with Crippen molar-refractivity contribution >= 4 is 22.8 Å². The molecule has 1 atom stereocenters. The normalized spacial score (nSPS) is 19.8. The molecule has 3 fully saturated rings. The molecular formula is C33H36F5N7O3. The number of piperazine rings is 1. The molecule has 0 saturated carbocycles. The summed E-state index contributed by atoms with van der Waals surface area (Å²) in [7, 11) is 0. The van der Waals surface area contributed by atoms with Gasteiger partial charge in [0.25, 0.3) is 0 Å². The lowest BCUT2D eigenvalue weighted by Crippen LogP contribution is -2.56. The van der Waals surface area contributed by atoms with E-state index in [-0.39, 0.29) is 60.9 Å². The average Bonchev–Trinajstić information content (AvgIpc) is 3.59. The van der Waals surface area contributed by atoms with E-state index in [9.17, 15) is 27.6 Å². The number of benzene rings is 1. The van der Waals surface area contributed by atoms with Crippen LogP contribution in [0.3, 0.4) is 0 Å². The second kappa shape index (κ2) is 12.6. The number of anilines is 1. The van der Waals surface area contributed by atoms with Crippen LogP contribution in [-0.4, -0.2) is 87.4 Å². The predicted octanol–water partition coefficient (Wildman–Crippen LogP) is 6.34. The fourth-order valence-corrected chi connectivity index (χ4v) is 7.07. The van der Waals surface area contributed by atoms with E-state index >= 15 is 4.39 Å². The fourth-order valence-electron chi connectivity index (χ4n) is 7.07. The van der Waals surface area contributed by atoms with Crippen molar-refractivity contribution < 1.29 is 36.2 Å². The predicted molar refractivity (Wildman–Crippen MR) is 165 cm³/mol. The average molecular weight is 674 g/mol. The highest BCUT2D eigenvalue weighted by atomic mass is 19.4. The molecule has 0 spiro atoms. The van der Waals surface area contributed by atoms with Gasteiger partial charge in [0.05, 0.1) is 29.5 Å². The van der Waals surface area contributed by atoms with Gasteiger partial charge in [-0.1, -0.05) is 12.1 Å². The lowest BCUT2D eigenvalue weighted by atomic mass is 9.95. The number of hydrogen-bond acceptors (Lipinski definition) is 9. The number of aromatic nitrogens is 3. The Labute approximate surface area is 274 Å². The summed E-state index contributed by atoms with van der Waals surface area (Å²) in [5.74, 6) is -2.57. The molecule has 3 saturated heterocycles. The zero-order valence-corrected chi connectivity index (χ0v) is 26.9. The molecular weight excluding hydrogens is 637 g/mol. The Morgan fingerprint density at radius 2 is 1.81 bits per heavy atom. The topological polar surface area (TPSA) is 108 Å². The first kappa shape index (κ1) is 33.6. The van der Waals surface area contributed by atoms with Crippen LogP contribution in [0.25, 0.3) is 22.2 Å². The maximum Gasteiger partial charge on any atom is 0.419 e. The lowest BCUT2D eigenvalue weighted by molar-refractivity contribution is -0.139. The summed E-state index contributed by atoms with van der Waals surface area (Å²) in [6.07, 6.45) is -0.725. The molecule has 3 aliphatic heterocycles. The molecule has 5 heterocycles. The van der Waals surface area contributed by atoms with Gasteiger partial charge in [-0.3, -0.25) is 9.88 Å². The summed E-state index contributed by atoms with van der Waals surface area (Å²) in [5, 5.41) is 9.66. The van der Waals surface area contributed by atoms with E-state index in [2.05, 4.69) is 25.9 Å². The number of hydrogen-bond donors (Lipinski definition) is 0. The number of alkyl halides is 3. The molecule has 0 radical (unpaired) electrons. The van der Waals surface area contributed by atoms with Crippen LogP contribution in [0.15, 0.2) is 24.4 Å². The highest BCUT2D eigenvalue weighted by Gasteiger charge is 2.45. The van der Waals surface area contributed by atoms with E-state index in [0.717, 1.165) is 57.1 Å². The van der Waals surface area contributed by atoms with E-state index in [1.165, 1.54) is 4.90 Å². The van der Waals surface area contributed by atoms with Gasteiger partial charge < -0.3 is 19.3 Å². The van der Waals surface area contributed by atoms with Crippen molar-refractivity contribution in [1.29, 1.82) is 5.26 Å². The van der Waals surface area contributed by atoms with Crippen LogP contribution in [0, 0.1) is 23.0 Å². The van der Waals surface area contributed by atoms with Crippen LogP contribution < -0.4 is 9.64 Å². The minimum Gasteiger partial charge on any atom is -0.461 e. The minimum atomic E-state index is -5.12. The van der Waals surface area contributed by atoms with E-state index in [1.807, 2.05) is 0 Å². The number of rotatable bonds is 6. The Bertz CT molecular complexity index is 1750. The van der Waals surface area contributed by atoms with Crippen LogP contribution in [0.1, 0.15) is 58.4 Å². The Hall–Kier alpha value is -4.32. The smallest absolute Gasteiger partial charge is 0.419 e. The zero-order chi connectivity index (χ0) is 34.4. The molecule has 0 bridgehead atoms. The van der Waals surface area contributed by atoms with Gasteiger partial charge in [0, 0.05) is 31.4 Å². The van der Waals surface area contributed by atoms with Gasteiger partial charge in [0.2, 0.25) is 0 Å². The molecule has 6 rings (SSSR count). The number of carbonyl (C=O) groups is 1. The number of amides is 1. The second-order valence-corrected chi connectivity index (χ2v) is 13.5. The van der Waals surface area contributed by atoms with E-state index < -0.39 is 52.4 Å². The molecule has 0 N–H and O–H groups in total. The molecule has 0 aliphatic carbocycles. The first-order chi connectivity index (χ1) is 22.7. The summed E-state index contributed by atoms with van der Waals surface area (Å²) in [6, 6.07) is 3.97. The largest absolute Gasteiger partial charge is 0.461 e. The Morgan fingerprint density at radius 3 is 2.48 bits per heavy atom. The highest BCUT2D eigenvalue weighted by molar-refractivity contribution is 5.92. The van der Waals surface area contributed by atoms with Gasteiger partial charge in [-0.25, -0.2) is 13.6 Å². The third kappa shape index (κ3) is 6.42. The van der Waals surface area contributed by atoms with Crippen molar-refractivity contribution in [2.75, 3.05) is 44.2 Å². The summed E-state index contributed by atoms with van der Waals surface area (Å²) < 4.78 is 84.5. The number of nitrogens with zero attached hydrogens (tertiary/aromatic N) is 7. The van der Waals surface area contributed by atoms with Gasteiger partial charge in [0.1, 0.15) is 40.6 Å². The van der Waals surface area contributed by atoms with Crippen molar-refractivity contribution in [3.05, 3.63) is 41.6 Å². The van der Waals surface area contributed by atoms with E-state index in [4.69, 9.17) is 9.47 Å². The first-order valence-electron chi connectivity index (χ1n) is 15.9. The minimum absolute atomic E-state index is 0.0307. The van der Waals surface area contributed by atoms with Crippen LogP contribution in [0.2, 0.25) is 0 Å². The van der Waals surface area contributed by atoms with Crippen LogP contribution >= 0.6 is 0 Å². The molecule has 3 aliphatic rings. The molecule has 0 unspecified atom stereocenters. The van der Waals surface area contributed by atoms with Crippen LogP contribution in [-0.2, 0) is 10.9 Å². The van der Waals surface area contributed by atoms with Gasteiger partial charge in [-0.05, 0) is 65.6 Å². The highest BCUT2D eigenvalue weighted by Crippen LogP contribution is 2.42. The van der Waals surface area contributed by atoms with Gasteiger partial charge in [-0.15, -0.1) is 0 Å². The van der Waals surface area contributed by atoms with E-state index in [0.29, 0.717) is 6.07 Å². The second-order valence-electron chi connectivity index (χ2n) is 13.5. The summed E-state index contributed by atoms with van der Waals surface area (Å²) in [4.78, 5) is 31.6. The van der Waals surface area contributed by atoms with Gasteiger partial charge in [0.15, 0.2) is 5.82 Å². The number of fused-ring (bicyclic) bond motifs is 2. The van der Waals surface area contributed by atoms with Gasteiger partial charge >= 0.3 is 18.3 Å². The number of halogens is 5. The maximum absolute atomic E-state index is 16.4. The Kier molecular flexibility index (Phi) is 8.82. The monoisotopic (exact) mass is 673 g/mol. The number of carbonyl (C=O) groups excluding carboxylic acids is 1. The molecule has 256 valence electrons. The quantitative estimate of drug-likeness (QED) is 0.277. The van der Waals surface area contributed by atoms with Crippen molar-refractivity contribution in [1.82, 2.24) is 24.8 Å². The maximum atomic E-state index is 16.4. The first-order valence-corrected chi connectivity index (χ1v) is 15.9.